The van der Waals surface area contributed by atoms with Crippen LogP contribution >= 0.6 is 0 Å². The Bertz CT molecular complexity index is 817. The van der Waals surface area contributed by atoms with Crippen molar-refractivity contribution in [1.82, 2.24) is 9.88 Å². The van der Waals surface area contributed by atoms with Crippen molar-refractivity contribution < 1.29 is 14.3 Å². The molecule has 1 unspecified atom stereocenters. The van der Waals surface area contributed by atoms with Gasteiger partial charge in [-0.05, 0) is 43.9 Å². The number of carbonyl (C=O) groups is 1. The number of likely N-dealkylation sites (tertiary alicyclic amines) is 1. The average Bonchev–Trinajstić information content (AvgIpc) is 2.77. The minimum Gasteiger partial charge on any atom is -0.481 e. The maximum atomic E-state index is 12.7. The summed E-state index contributed by atoms with van der Waals surface area (Å²) in [6.45, 7) is 5.47. The second-order valence-electron chi connectivity index (χ2n) is 8.00. The van der Waals surface area contributed by atoms with Crippen LogP contribution in [0.2, 0.25) is 0 Å². The van der Waals surface area contributed by atoms with Crippen molar-refractivity contribution in [2.45, 2.75) is 37.9 Å². The van der Waals surface area contributed by atoms with Crippen LogP contribution in [0.5, 0.6) is 5.88 Å². The normalized spacial score (nSPS) is 22.1. The number of methoxy groups -OCH3 is 1. The molecular weight excluding hydrogens is 366 g/mol. The number of pyridine rings is 1. The van der Waals surface area contributed by atoms with E-state index in [1.54, 1.807) is 7.11 Å². The number of piperidine rings is 1. The van der Waals surface area contributed by atoms with E-state index in [-0.39, 0.29) is 11.5 Å². The van der Waals surface area contributed by atoms with Crippen molar-refractivity contribution in [1.29, 1.82) is 0 Å². The summed E-state index contributed by atoms with van der Waals surface area (Å²) in [5.74, 6) is 0.700. The van der Waals surface area contributed by atoms with E-state index in [0.717, 1.165) is 44.6 Å². The summed E-state index contributed by atoms with van der Waals surface area (Å²) in [4.78, 5) is 21.4. The average molecular weight is 396 g/mol. The molecule has 2 fully saturated rings. The highest BCUT2D eigenvalue weighted by Crippen LogP contribution is 2.35. The third kappa shape index (κ3) is 4.43. The number of benzene rings is 1. The van der Waals surface area contributed by atoms with Gasteiger partial charge < -0.3 is 19.3 Å². The van der Waals surface area contributed by atoms with Crippen molar-refractivity contribution in [3.05, 3.63) is 54.2 Å². The number of morpholine rings is 1. The van der Waals surface area contributed by atoms with E-state index in [2.05, 4.69) is 16.0 Å². The third-order valence-corrected chi connectivity index (χ3v) is 6.05. The summed E-state index contributed by atoms with van der Waals surface area (Å²) >= 11 is 0. The molecule has 0 saturated carbocycles. The molecular formula is C23H29N3O3. The van der Waals surface area contributed by atoms with E-state index in [1.807, 2.05) is 54.4 Å². The van der Waals surface area contributed by atoms with Gasteiger partial charge in [0.1, 0.15) is 6.10 Å². The van der Waals surface area contributed by atoms with Gasteiger partial charge in [-0.3, -0.25) is 4.79 Å². The summed E-state index contributed by atoms with van der Waals surface area (Å²) < 4.78 is 11.4. The Morgan fingerprint density at radius 2 is 1.93 bits per heavy atom. The van der Waals surface area contributed by atoms with Gasteiger partial charge >= 0.3 is 0 Å². The summed E-state index contributed by atoms with van der Waals surface area (Å²) in [7, 11) is 1.63. The molecule has 6 nitrogen and oxygen atoms in total. The monoisotopic (exact) mass is 395 g/mol. The van der Waals surface area contributed by atoms with Crippen molar-refractivity contribution in [3.8, 4) is 5.88 Å². The summed E-state index contributed by atoms with van der Waals surface area (Å²) in [6, 6.07) is 13.9. The Balaban J connectivity index is 1.35. The molecule has 4 rings (SSSR count). The van der Waals surface area contributed by atoms with Crippen LogP contribution in [0.1, 0.15) is 25.3 Å². The first-order valence-corrected chi connectivity index (χ1v) is 10.3. The molecule has 2 aromatic rings. The van der Waals surface area contributed by atoms with Crippen molar-refractivity contribution in [2.24, 2.45) is 0 Å². The molecule has 1 aromatic heterocycles. The maximum absolute atomic E-state index is 12.7. The lowest BCUT2D eigenvalue weighted by Crippen LogP contribution is -2.61. The van der Waals surface area contributed by atoms with Crippen molar-refractivity contribution in [2.75, 3.05) is 38.2 Å². The second kappa shape index (κ2) is 8.51. The summed E-state index contributed by atoms with van der Waals surface area (Å²) in [5.41, 5.74) is 1.93. The number of anilines is 1. The van der Waals surface area contributed by atoms with Crippen LogP contribution in [0.15, 0.2) is 48.7 Å². The van der Waals surface area contributed by atoms with E-state index in [0.29, 0.717) is 12.4 Å². The molecule has 1 aromatic carbocycles. The predicted molar refractivity (Wildman–Crippen MR) is 112 cm³/mol. The minimum atomic E-state index is -0.402. The first-order chi connectivity index (χ1) is 14.1. The zero-order valence-corrected chi connectivity index (χ0v) is 17.2. The van der Waals surface area contributed by atoms with Gasteiger partial charge in [0.2, 0.25) is 5.88 Å². The molecule has 0 radical (unpaired) electrons. The fourth-order valence-corrected chi connectivity index (χ4v) is 4.30. The molecule has 29 heavy (non-hydrogen) atoms. The Kier molecular flexibility index (Phi) is 5.83. The SMILES string of the molecule is COc1ccc(CCN2CCC3(CC2)CN(c2ccccc2)C(=O)C(C)O3)cn1. The highest BCUT2D eigenvalue weighted by Gasteiger charge is 2.45. The van der Waals surface area contributed by atoms with Crippen LogP contribution in [-0.4, -0.2) is 60.8 Å². The highest BCUT2D eigenvalue weighted by atomic mass is 16.5. The number of para-hydroxylation sites is 1. The smallest absolute Gasteiger partial charge is 0.255 e. The minimum absolute atomic E-state index is 0.0521. The van der Waals surface area contributed by atoms with Gasteiger partial charge in [-0.1, -0.05) is 24.3 Å². The Morgan fingerprint density at radius 1 is 1.17 bits per heavy atom. The van der Waals surface area contributed by atoms with Gasteiger partial charge in [-0.25, -0.2) is 4.98 Å². The van der Waals surface area contributed by atoms with Gasteiger partial charge in [-0.2, -0.15) is 0 Å². The van der Waals surface area contributed by atoms with Crippen LogP contribution in [0.3, 0.4) is 0 Å². The molecule has 3 heterocycles. The second-order valence-corrected chi connectivity index (χ2v) is 8.00. The van der Waals surface area contributed by atoms with Gasteiger partial charge in [0, 0.05) is 37.6 Å². The number of hydrogen-bond donors (Lipinski definition) is 0. The molecule has 2 saturated heterocycles. The number of ether oxygens (including phenoxy) is 2. The number of nitrogens with zero attached hydrogens (tertiary/aromatic N) is 3. The van der Waals surface area contributed by atoms with Crippen LogP contribution in [-0.2, 0) is 16.0 Å². The molecule has 0 N–H and O–H groups in total. The van der Waals surface area contributed by atoms with Crippen molar-refractivity contribution >= 4 is 11.6 Å². The van der Waals surface area contributed by atoms with Gasteiger partial charge in [0.05, 0.1) is 19.3 Å². The number of rotatable bonds is 5. The maximum Gasteiger partial charge on any atom is 0.255 e. The van der Waals surface area contributed by atoms with Gasteiger partial charge in [0.15, 0.2) is 0 Å². The molecule has 1 atom stereocenters. The van der Waals surface area contributed by atoms with Crippen LogP contribution in [0.4, 0.5) is 5.69 Å². The van der Waals surface area contributed by atoms with E-state index in [4.69, 9.17) is 9.47 Å². The largest absolute Gasteiger partial charge is 0.481 e. The fraction of sp³-hybridized carbons (Fsp3) is 0.478. The van der Waals surface area contributed by atoms with E-state index >= 15 is 0 Å². The van der Waals surface area contributed by atoms with Crippen LogP contribution in [0, 0.1) is 0 Å². The predicted octanol–water partition coefficient (Wildman–Crippen LogP) is 2.92. The number of hydrogen-bond acceptors (Lipinski definition) is 5. The molecule has 1 amide bonds. The van der Waals surface area contributed by atoms with Crippen molar-refractivity contribution in [3.63, 3.8) is 0 Å². The Morgan fingerprint density at radius 3 is 2.59 bits per heavy atom. The third-order valence-electron chi connectivity index (χ3n) is 6.05. The lowest BCUT2D eigenvalue weighted by molar-refractivity contribution is -0.161. The van der Waals surface area contributed by atoms with Crippen LogP contribution < -0.4 is 9.64 Å². The number of aromatic nitrogens is 1. The van der Waals surface area contributed by atoms with E-state index < -0.39 is 6.10 Å². The Labute approximate surface area is 172 Å². The molecule has 2 aliphatic heterocycles. The van der Waals surface area contributed by atoms with Gasteiger partial charge in [-0.15, -0.1) is 0 Å². The zero-order chi connectivity index (χ0) is 20.3. The summed E-state index contributed by atoms with van der Waals surface area (Å²) in [6.07, 6.45) is 4.33. The molecule has 2 aliphatic rings. The molecule has 0 bridgehead atoms. The number of carbonyl (C=O) groups excluding carboxylic acids is 1. The lowest BCUT2D eigenvalue weighted by Gasteiger charge is -2.49. The molecule has 154 valence electrons. The van der Waals surface area contributed by atoms with E-state index in [9.17, 15) is 4.79 Å². The quantitative estimate of drug-likeness (QED) is 0.779. The standard InChI is InChI=1S/C23H29N3O3/c1-18-22(27)26(20-6-4-3-5-7-20)17-23(29-18)11-14-25(15-12-23)13-10-19-8-9-21(28-2)24-16-19/h3-9,16,18H,10-15,17H2,1-2H3. The Hall–Kier alpha value is -2.44. The molecule has 1 spiro atoms. The fourth-order valence-electron chi connectivity index (χ4n) is 4.30. The lowest BCUT2D eigenvalue weighted by atomic mass is 9.88. The zero-order valence-electron chi connectivity index (χ0n) is 17.2. The summed E-state index contributed by atoms with van der Waals surface area (Å²) in [5, 5.41) is 0. The highest BCUT2D eigenvalue weighted by molar-refractivity contribution is 5.97. The van der Waals surface area contributed by atoms with Gasteiger partial charge in [0.25, 0.3) is 5.91 Å². The molecule has 0 aliphatic carbocycles. The number of amides is 1. The van der Waals surface area contributed by atoms with Crippen LogP contribution in [0.25, 0.3) is 0 Å². The van der Waals surface area contributed by atoms with E-state index in [1.165, 1.54) is 5.56 Å². The first kappa shape index (κ1) is 19.9. The molecule has 6 heteroatoms. The first-order valence-electron chi connectivity index (χ1n) is 10.3. The topological polar surface area (TPSA) is 54.9 Å².